The van der Waals surface area contributed by atoms with Crippen LogP contribution in [0.5, 0.6) is 0 Å². The molecule has 17 heavy (non-hydrogen) atoms. The second-order valence-corrected chi connectivity index (χ2v) is 5.50. The van der Waals surface area contributed by atoms with E-state index >= 15 is 0 Å². The summed E-state index contributed by atoms with van der Waals surface area (Å²) in [4.78, 5) is 2.35. The maximum absolute atomic E-state index is 6.51. The lowest BCUT2D eigenvalue weighted by Crippen LogP contribution is -2.56. The first-order valence-electron chi connectivity index (χ1n) is 6.62. The zero-order chi connectivity index (χ0) is 12.3. The molecular weight excluding hydrogens is 208 g/mol. The molecular formula is C15H24N2. The predicted molar refractivity (Wildman–Crippen MR) is 73.0 cm³/mol. The molecule has 0 heterocycles. The molecule has 0 radical (unpaired) electrons. The quantitative estimate of drug-likeness (QED) is 0.864. The van der Waals surface area contributed by atoms with E-state index in [4.69, 9.17) is 5.73 Å². The Bertz CT molecular complexity index is 339. The lowest BCUT2D eigenvalue weighted by atomic mass is 9.84. The topological polar surface area (TPSA) is 29.3 Å². The lowest BCUT2D eigenvalue weighted by Gasteiger charge is -2.41. The van der Waals surface area contributed by atoms with Gasteiger partial charge in [0.1, 0.15) is 0 Å². The summed E-state index contributed by atoms with van der Waals surface area (Å²) in [6.07, 6.45) is 6.11. The average Bonchev–Trinajstić information content (AvgIpc) is 2.80. The van der Waals surface area contributed by atoms with Gasteiger partial charge in [-0.15, -0.1) is 0 Å². The van der Waals surface area contributed by atoms with E-state index < -0.39 is 0 Å². The molecule has 0 amide bonds. The minimum atomic E-state index is 0.218. The van der Waals surface area contributed by atoms with E-state index in [1.54, 1.807) is 0 Å². The lowest BCUT2D eigenvalue weighted by molar-refractivity contribution is 0.123. The van der Waals surface area contributed by atoms with Gasteiger partial charge in [-0.05, 0) is 38.9 Å². The van der Waals surface area contributed by atoms with Gasteiger partial charge < -0.3 is 10.6 Å². The van der Waals surface area contributed by atoms with Crippen molar-refractivity contribution in [3.05, 3.63) is 35.9 Å². The predicted octanol–water partition coefficient (Wildman–Crippen LogP) is 2.43. The highest BCUT2D eigenvalue weighted by Gasteiger charge is 2.41. The molecule has 1 aromatic rings. The maximum atomic E-state index is 6.51. The summed E-state index contributed by atoms with van der Waals surface area (Å²) in [5.74, 6) is 0. The molecule has 1 fully saturated rings. The van der Waals surface area contributed by atoms with Crippen molar-refractivity contribution in [1.29, 1.82) is 0 Å². The largest absolute Gasteiger partial charge is 0.326 e. The molecule has 0 bridgehead atoms. The van der Waals surface area contributed by atoms with Crippen LogP contribution in [0.3, 0.4) is 0 Å². The fraction of sp³-hybridized carbons (Fsp3) is 0.600. The zero-order valence-corrected chi connectivity index (χ0v) is 11.0. The van der Waals surface area contributed by atoms with Crippen molar-refractivity contribution in [3.63, 3.8) is 0 Å². The molecule has 0 aliphatic heterocycles. The molecule has 1 aliphatic rings. The smallest absolute Gasteiger partial charge is 0.0357 e. The molecule has 2 N–H and O–H groups in total. The van der Waals surface area contributed by atoms with Crippen LogP contribution >= 0.6 is 0 Å². The Labute approximate surface area is 105 Å². The number of hydrogen-bond acceptors (Lipinski definition) is 2. The minimum Gasteiger partial charge on any atom is -0.326 e. The van der Waals surface area contributed by atoms with Crippen LogP contribution in [0.15, 0.2) is 30.3 Å². The Kier molecular flexibility index (Phi) is 3.85. The van der Waals surface area contributed by atoms with Gasteiger partial charge in [0.05, 0.1) is 0 Å². The number of nitrogens with zero attached hydrogens (tertiary/aromatic N) is 1. The molecule has 0 saturated heterocycles. The van der Waals surface area contributed by atoms with Crippen LogP contribution in [0.1, 0.15) is 31.2 Å². The standard InChI is InChI=1S/C15H24N2/c1-17(2)15(10-6-7-11-15)14(16)12-13-8-4-3-5-9-13/h3-5,8-9,14H,6-7,10-12,16H2,1-2H3/t14-/m0/s1. The number of hydrogen-bond donors (Lipinski definition) is 1. The van der Waals surface area contributed by atoms with Crippen LogP contribution in [0.2, 0.25) is 0 Å². The summed E-state index contributed by atoms with van der Waals surface area (Å²) < 4.78 is 0. The minimum absolute atomic E-state index is 0.218. The van der Waals surface area contributed by atoms with Crippen molar-refractivity contribution in [2.75, 3.05) is 14.1 Å². The third-order valence-electron chi connectivity index (χ3n) is 4.35. The summed E-state index contributed by atoms with van der Waals surface area (Å²) >= 11 is 0. The number of benzene rings is 1. The Morgan fingerprint density at radius 1 is 1.18 bits per heavy atom. The van der Waals surface area contributed by atoms with Crippen molar-refractivity contribution >= 4 is 0 Å². The second-order valence-electron chi connectivity index (χ2n) is 5.50. The molecule has 1 atom stereocenters. The Hall–Kier alpha value is -0.860. The highest BCUT2D eigenvalue weighted by atomic mass is 15.2. The third kappa shape index (κ3) is 2.53. The van der Waals surface area contributed by atoms with Gasteiger partial charge in [-0.3, -0.25) is 0 Å². The SMILES string of the molecule is CN(C)C1([C@@H](N)Cc2ccccc2)CCCC1. The molecule has 2 nitrogen and oxygen atoms in total. The molecule has 2 rings (SSSR count). The van der Waals surface area contributed by atoms with Crippen molar-refractivity contribution in [1.82, 2.24) is 4.90 Å². The summed E-state index contributed by atoms with van der Waals surface area (Å²) in [6, 6.07) is 10.9. The van der Waals surface area contributed by atoms with Crippen LogP contribution in [-0.2, 0) is 6.42 Å². The van der Waals surface area contributed by atoms with E-state index in [9.17, 15) is 0 Å². The number of nitrogens with two attached hydrogens (primary N) is 1. The Morgan fingerprint density at radius 3 is 2.29 bits per heavy atom. The number of rotatable bonds is 4. The van der Waals surface area contributed by atoms with Gasteiger partial charge in [0.15, 0.2) is 0 Å². The maximum Gasteiger partial charge on any atom is 0.0357 e. The first-order chi connectivity index (χ1) is 8.15. The normalized spacial score (nSPS) is 20.7. The summed E-state index contributed by atoms with van der Waals surface area (Å²) in [5, 5.41) is 0. The summed E-state index contributed by atoms with van der Waals surface area (Å²) in [7, 11) is 4.35. The van der Waals surface area contributed by atoms with Crippen molar-refractivity contribution in [2.24, 2.45) is 5.73 Å². The molecule has 1 aliphatic carbocycles. The first-order valence-corrected chi connectivity index (χ1v) is 6.62. The van der Waals surface area contributed by atoms with Crippen molar-refractivity contribution in [3.8, 4) is 0 Å². The molecule has 0 aromatic heterocycles. The molecule has 0 unspecified atom stereocenters. The van der Waals surface area contributed by atoms with Gasteiger partial charge in [0, 0.05) is 11.6 Å². The monoisotopic (exact) mass is 232 g/mol. The van der Waals surface area contributed by atoms with Gasteiger partial charge in [0.25, 0.3) is 0 Å². The molecule has 0 spiro atoms. The summed E-state index contributed by atoms with van der Waals surface area (Å²) in [6.45, 7) is 0. The zero-order valence-electron chi connectivity index (χ0n) is 11.0. The highest BCUT2D eigenvalue weighted by Crippen LogP contribution is 2.36. The summed E-state index contributed by atoms with van der Waals surface area (Å²) in [5.41, 5.74) is 8.08. The van der Waals surface area contributed by atoms with Crippen LogP contribution in [0.25, 0.3) is 0 Å². The molecule has 2 heteroatoms. The number of likely N-dealkylation sites (N-methyl/N-ethyl adjacent to an activating group) is 1. The van der Waals surface area contributed by atoms with E-state index in [1.807, 2.05) is 0 Å². The van der Waals surface area contributed by atoms with E-state index in [2.05, 4.69) is 49.3 Å². The third-order valence-corrected chi connectivity index (χ3v) is 4.35. The van der Waals surface area contributed by atoms with Gasteiger partial charge in [-0.25, -0.2) is 0 Å². The molecule has 1 saturated carbocycles. The van der Waals surface area contributed by atoms with Gasteiger partial charge in [0.2, 0.25) is 0 Å². The van der Waals surface area contributed by atoms with E-state index in [0.717, 1.165) is 6.42 Å². The van der Waals surface area contributed by atoms with Crippen molar-refractivity contribution in [2.45, 2.75) is 43.7 Å². The fourth-order valence-corrected chi connectivity index (χ4v) is 3.19. The second kappa shape index (κ2) is 5.19. The van der Waals surface area contributed by atoms with Crippen molar-refractivity contribution < 1.29 is 0 Å². The molecule has 94 valence electrons. The fourth-order valence-electron chi connectivity index (χ4n) is 3.19. The van der Waals surface area contributed by atoms with Crippen LogP contribution in [-0.4, -0.2) is 30.6 Å². The van der Waals surface area contributed by atoms with E-state index in [1.165, 1.54) is 31.2 Å². The van der Waals surface area contributed by atoms with Crippen LogP contribution < -0.4 is 5.73 Å². The Morgan fingerprint density at radius 2 is 1.76 bits per heavy atom. The van der Waals surface area contributed by atoms with Gasteiger partial charge in [-0.2, -0.15) is 0 Å². The van der Waals surface area contributed by atoms with Gasteiger partial charge >= 0.3 is 0 Å². The average molecular weight is 232 g/mol. The molecule has 1 aromatic carbocycles. The Balaban J connectivity index is 2.10. The first kappa shape index (κ1) is 12.6. The van der Waals surface area contributed by atoms with E-state index in [-0.39, 0.29) is 11.6 Å². The van der Waals surface area contributed by atoms with Crippen LogP contribution in [0.4, 0.5) is 0 Å². The van der Waals surface area contributed by atoms with Gasteiger partial charge in [-0.1, -0.05) is 43.2 Å². The van der Waals surface area contributed by atoms with E-state index in [0.29, 0.717) is 0 Å². The van der Waals surface area contributed by atoms with Crippen LogP contribution in [0, 0.1) is 0 Å². The highest BCUT2D eigenvalue weighted by molar-refractivity contribution is 5.18.